The van der Waals surface area contributed by atoms with E-state index in [1.165, 1.54) is 98.7 Å². The second-order valence-corrected chi connectivity index (χ2v) is 13.7. The maximum absolute atomic E-state index is 2.42. The maximum Gasteiger partial charge on any atom is -0.00928 e. The third kappa shape index (κ3) is 5.25. The molecule has 10 rings (SSSR count). The van der Waals surface area contributed by atoms with Crippen LogP contribution in [0.25, 0.3) is 98.7 Å². The Morgan fingerprint density at radius 1 is 0.173 bits per heavy atom. The second-order valence-electron chi connectivity index (χ2n) is 13.7. The molecular weight excluding hydrogens is 625 g/mol. The van der Waals surface area contributed by atoms with Crippen molar-refractivity contribution in [3.05, 3.63) is 206 Å². The van der Waals surface area contributed by atoms with Crippen molar-refractivity contribution in [3.8, 4) is 55.6 Å². The highest BCUT2D eigenvalue weighted by molar-refractivity contribution is 6.16. The molecule has 0 saturated heterocycles. The summed E-state index contributed by atoms with van der Waals surface area (Å²) in [5, 5.41) is 10.0. The monoisotopic (exact) mass is 658 g/mol. The van der Waals surface area contributed by atoms with Crippen molar-refractivity contribution in [2.24, 2.45) is 0 Å². The van der Waals surface area contributed by atoms with E-state index < -0.39 is 0 Å². The fourth-order valence-corrected chi connectivity index (χ4v) is 8.03. The molecule has 0 aromatic heterocycles. The van der Waals surface area contributed by atoms with E-state index in [0.29, 0.717) is 0 Å². The van der Waals surface area contributed by atoms with Crippen molar-refractivity contribution in [1.82, 2.24) is 0 Å². The van der Waals surface area contributed by atoms with Gasteiger partial charge in [-0.3, -0.25) is 0 Å². The Kier molecular flexibility index (Phi) is 7.25. The molecule has 0 aliphatic rings. The zero-order valence-corrected chi connectivity index (χ0v) is 28.6. The molecule has 0 nitrogen and oxygen atoms in total. The maximum atomic E-state index is 2.42. The van der Waals surface area contributed by atoms with Gasteiger partial charge >= 0.3 is 0 Å². The first-order chi connectivity index (χ1) is 25.8. The van der Waals surface area contributed by atoms with Crippen LogP contribution in [-0.4, -0.2) is 0 Å². The van der Waals surface area contributed by atoms with Gasteiger partial charge in [0.15, 0.2) is 0 Å². The van der Waals surface area contributed by atoms with Gasteiger partial charge in [0.2, 0.25) is 0 Å². The van der Waals surface area contributed by atoms with E-state index in [2.05, 4.69) is 206 Å². The largest absolute Gasteiger partial charge is 0.0622 e. The number of rotatable bonds is 5. The highest BCUT2D eigenvalue weighted by atomic mass is 14.2. The standard InChI is InChI=1S/C52H34/c1-4-14-35(15-5-1)47-29-38-20-10-12-22-40(38)31-50(47)42-24-26-45-44(28-42)34-49(37-18-8-3-9-19-37)52-33-43(25-27-46(45)52)51-32-41-23-13-11-21-39(41)30-48(51)36-16-6-2-7-17-36/h1-34H. The summed E-state index contributed by atoms with van der Waals surface area (Å²) in [6, 6.07) is 75.7. The normalized spacial score (nSPS) is 11.5. The number of hydrogen-bond acceptors (Lipinski definition) is 0. The van der Waals surface area contributed by atoms with Crippen LogP contribution in [0.1, 0.15) is 0 Å². The Morgan fingerprint density at radius 2 is 0.519 bits per heavy atom. The van der Waals surface area contributed by atoms with Gasteiger partial charge in [-0.1, -0.05) is 164 Å². The van der Waals surface area contributed by atoms with Gasteiger partial charge in [0.25, 0.3) is 0 Å². The van der Waals surface area contributed by atoms with Crippen molar-refractivity contribution in [1.29, 1.82) is 0 Å². The van der Waals surface area contributed by atoms with E-state index in [0.717, 1.165) is 0 Å². The molecule has 0 radical (unpaired) electrons. The fourth-order valence-electron chi connectivity index (χ4n) is 8.03. The van der Waals surface area contributed by atoms with Gasteiger partial charge < -0.3 is 0 Å². The molecular formula is C52H34. The lowest BCUT2D eigenvalue weighted by molar-refractivity contribution is 1.61. The zero-order chi connectivity index (χ0) is 34.4. The van der Waals surface area contributed by atoms with Crippen LogP contribution in [0.2, 0.25) is 0 Å². The van der Waals surface area contributed by atoms with Crippen LogP contribution >= 0.6 is 0 Å². The van der Waals surface area contributed by atoms with E-state index in [1.807, 2.05) is 0 Å². The molecule has 0 heterocycles. The van der Waals surface area contributed by atoms with E-state index in [1.54, 1.807) is 0 Å². The summed E-state index contributed by atoms with van der Waals surface area (Å²) in [5.74, 6) is 0. The Labute approximate surface area is 303 Å². The summed E-state index contributed by atoms with van der Waals surface area (Å²) < 4.78 is 0. The van der Waals surface area contributed by atoms with Gasteiger partial charge in [-0.05, 0) is 141 Å². The molecule has 0 heteroatoms. The molecule has 242 valence electrons. The van der Waals surface area contributed by atoms with Crippen LogP contribution in [0.4, 0.5) is 0 Å². The Hall–Kier alpha value is -6.76. The van der Waals surface area contributed by atoms with Gasteiger partial charge in [0, 0.05) is 0 Å². The van der Waals surface area contributed by atoms with Crippen molar-refractivity contribution < 1.29 is 0 Å². The Balaban J connectivity index is 1.21. The lowest BCUT2D eigenvalue weighted by Crippen LogP contribution is -1.91. The van der Waals surface area contributed by atoms with Crippen LogP contribution in [0.3, 0.4) is 0 Å². The van der Waals surface area contributed by atoms with E-state index in [4.69, 9.17) is 0 Å². The molecule has 0 bridgehead atoms. The summed E-state index contributed by atoms with van der Waals surface area (Å²) >= 11 is 0. The molecule has 0 unspecified atom stereocenters. The van der Waals surface area contributed by atoms with Gasteiger partial charge in [0.05, 0.1) is 0 Å². The third-order valence-corrected chi connectivity index (χ3v) is 10.6. The number of fused-ring (bicyclic) bond motifs is 5. The van der Waals surface area contributed by atoms with E-state index in [9.17, 15) is 0 Å². The quantitative estimate of drug-likeness (QED) is 0.161. The molecule has 0 N–H and O–H groups in total. The molecule has 0 fully saturated rings. The van der Waals surface area contributed by atoms with Crippen LogP contribution in [0, 0.1) is 0 Å². The van der Waals surface area contributed by atoms with Crippen molar-refractivity contribution in [3.63, 3.8) is 0 Å². The molecule has 0 aliphatic carbocycles. The van der Waals surface area contributed by atoms with Crippen LogP contribution in [0.15, 0.2) is 206 Å². The summed E-state index contributed by atoms with van der Waals surface area (Å²) in [6.45, 7) is 0. The third-order valence-electron chi connectivity index (χ3n) is 10.6. The minimum absolute atomic E-state index is 1.22. The number of hydrogen-bond donors (Lipinski definition) is 0. The molecule has 10 aromatic carbocycles. The molecule has 0 spiro atoms. The van der Waals surface area contributed by atoms with E-state index in [-0.39, 0.29) is 0 Å². The molecule has 0 amide bonds. The lowest BCUT2D eigenvalue weighted by atomic mass is 9.86. The minimum atomic E-state index is 1.22. The predicted octanol–water partition coefficient (Wildman–Crippen LogP) is 14.6. The topological polar surface area (TPSA) is 0 Å². The summed E-state index contributed by atoms with van der Waals surface area (Å²) in [5.41, 5.74) is 12.3. The first-order valence-electron chi connectivity index (χ1n) is 18.0. The SMILES string of the molecule is c1ccc(-c2cc3ccccc3cc2-c2ccc3c(c2)cc(-c2ccccc2)c2cc(-c4cc5ccccc5cc4-c4ccccc4)ccc23)cc1. The van der Waals surface area contributed by atoms with Gasteiger partial charge in [-0.15, -0.1) is 0 Å². The van der Waals surface area contributed by atoms with Crippen molar-refractivity contribution in [2.45, 2.75) is 0 Å². The van der Waals surface area contributed by atoms with Crippen molar-refractivity contribution >= 4 is 43.1 Å². The summed E-state index contributed by atoms with van der Waals surface area (Å²) in [7, 11) is 0. The summed E-state index contributed by atoms with van der Waals surface area (Å²) in [6.07, 6.45) is 0. The average Bonchev–Trinajstić information content (AvgIpc) is 3.23. The predicted molar refractivity (Wildman–Crippen MR) is 224 cm³/mol. The fraction of sp³-hybridized carbons (Fsp3) is 0. The highest BCUT2D eigenvalue weighted by Crippen LogP contribution is 2.43. The van der Waals surface area contributed by atoms with Crippen LogP contribution < -0.4 is 0 Å². The molecule has 0 saturated carbocycles. The Morgan fingerprint density at radius 3 is 0.981 bits per heavy atom. The zero-order valence-electron chi connectivity index (χ0n) is 28.6. The first-order valence-corrected chi connectivity index (χ1v) is 18.0. The second kappa shape index (κ2) is 12.5. The van der Waals surface area contributed by atoms with Crippen LogP contribution in [-0.2, 0) is 0 Å². The van der Waals surface area contributed by atoms with Crippen LogP contribution in [0.5, 0.6) is 0 Å². The first kappa shape index (κ1) is 30.1. The average molecular weight is 659 g/mol. The van der Waals surface area contributed by atoms with Gasteiger partial charge in [-0.25, -0.2) is 0 Å². The molecule has 0 atom stereocenters. The minimum Gasteiger partial charge on any atom is -0.0622 e. The smallest absolute Gasteiger partial charge is 0.00928 e. The van der Waals surface area contributed by atoms with Gasteiger partial charge in [-0.2, -0.15) is 0 Å². The van der Waals surface area contributed by atoms with Crippen molar-refractivity contribution in [2.75, 3.05) is 0 Å². The lowest BCUT2D eigenvalue weighted by Gasteiger charge is -2.17. The van der Waals surface area contributed by atoms with E-state index >= 15 is 0 Å². The highest BCUT2D eigenvalue weighted by Gasteiger charge is 2.16. The molecule has 0 aliphatic heterocycles. The number of benzene rings is 10. The molecule has 52 heavy (non-hydrogen) atoms. The molecule has 10 aromatic rings. The summed E-state index contributed by atoms with van der Waals surface area (Å²) in [4.78, 5) is 0. The van der Waals surface area contributed by atoms with Gasteiger partial charge in [0.1, 0.15) is 0 Å². The Bertz CT molecular complexity index is 2920.